The monoisotopic (exact) mass is 493 g/mol. The highest BCUT2D eigenvalue weighted by molar-refractivity contribution is 5.68. The molecule has 1 unspecified atom stereocenters. The lowest BCUT2D eigenvalue weighted by atomic mass is 10.0. The number of carbonyl (C=O) groups excluding carboxylic acids is 1. The molecule has 9 nitrogen and oxygen atoms in total. The second-order valence-electron chi connectivity index (χ2n) is 9.70. The number of piperidine rings is 1. The van der Waals surface area contributed by atoms with Gasteiger partial charge in [-0.25, -0.2) is 4.79 Å². The van der Waals surface area contributed by atoms with E-state index in [1.807, 2.05) is 20.8 Å². The first kappa shape index (κ1) is 26.7. The molecule has 0 aromatic heterocycles. The maximum absolute atomic E-state index is 12.3. The van der Waals surface area contributed by atoms with Gasteiger partial charge in [0.1, 0.15) is 17.5 Å². The van der Waals surface area contributed by atoms with Crippen molar-refractivity contribution in [2.45, 2.75) is 57.8 Å². The summed E-state index contributed by atoms with van der Waals surface area (Å²) >= 11 is 0. The van der Waals surface area contributed by atoms with E-state index in [0.717, 1.165) is 5.56 Å². The Morgan fingerprint density at radius 2 is 2.00 bits per heavy atom. The number of rotatable bonds is 7. The summed E-state index contributed by atoms with van der Waals surface area (Å²) in [7, 11) is 0. The van der Waals surface area contributed by atoms with Gasteiger partial charge in [0.25, 0.3) is 5.69 Å². The highest BCUT2D eigenvalue weighted by Crippen LogP contribution is 2.28. The van der Waals surface area contributed by atoms with E-state index in [-0.39, 0.29) is 24.3 Å². The second kappa shape index (κ2) is 11.7. The molecule has 1 N–H and O–H groups in total. The molecule has 1 atom stereocenters. The Balaban J connectivity index is 1.63. The number of benzene rings is 2. The molecule has 190 valence electrons. The molecule has 1 aliphatic rings. The van der Waals surface area contributed by atoms with Crippen LogP contribution in [0.2, 0.25) is 0 Å². The highest BCUT2D eigenvalue weighted by Gasteiger charge is 2.28. The third kappa shape index (κ3) is 7.82. The van der Waals surface area contributed by atoms with E-state index in [0.29, 0.717) is 42.8 Å². The van der Waals surface area contributed by atoms with Crippen LogP contribution in [0.25, 0.3) is 6.08 Å². The van der Waals surface area contributed by atoms with Crippen molar-refractivity contribution in [2.75, 3.05) is 13.1 Å². The van der Waals surface area contributed by atoms with Crippen LogP contribution >= 0.6 is 0 Å². The molecule has 0 bridgehead atoms. The Kier molecular flexibility index (Phi) is 8.67. The van der Waals surface area contributed by atoms with Gasteiger partial charge in [-0.1, -0.05) is 24.3 Å². The molecule has 0 saturated carbocycles. The fourth-order valence-electron chi connectivity index (χ4n) is 3.88. The maximum Gasteiger partial charge on any atom is 0.410 e. The number of nitriles is 1. The molecular formula is C27H31N3O6. The van der Waals surface area contributed by atoms with Crippen LogP contribution in [0, 0.1) is 21.4 Å². The normalized spacial score (nSPS) is 15.4. The number of nitro groups is 1. The lowest BCUT2D eigenvalue weighted by Crippen LogP contribution is -2.44. The van der Waals surface area contributed by atoms with Crippen LogP contribution in [0.3, 0.4) is 0 Å². The molecule has 1 fully saturated rings. The topological polar surface area (TPSA) is 126 Å². The molecule has 1 saturated heterocycles. The standard InChI is InChI=1S/C27H31N3O6/c1-27(2,3)36-26(32)29-13-11-23(12-14-29)35-24-9-10-25(30(33)34)21(17-24)16-22(31)8-7-19-5-4-6-20(15-19)18-28/h4-10,15,17,22-23,31H,11-14,16H2,1-3H3/b8-7+. The molecule has 1 aliphatic heterocycles. The van der Waals surface area contributed by atoms with Crippen LogP contribution in [-0.4, -0.2) is 51.9 Å². The number of amides is 1. The van der Waals surface area contributed by atoms with E-state index in [2.05, 4.69) is 6.07 Å². The van der Waals surface area contributed by atoms with Gasteiger partial charge in [0.2, 0.25) is 0 Å². The average molecular weight is 494 g/mol. The van der Waals surface area contributed by atoms with Crippen molar-refractivity contribution in [3.63, 3.8) is 0 Å². The zero-order valence-corrected chi connectivity index (χ0v) is 20.7. The number of hydrogen-bond acceptors (Lipinski definition) is 7. The maximum atomic E-state index is 12.3. The first-order valence-corrected chi connectivity index (χ1v) is 11.8. The van der Waals surface area contributed by atoms with Gasteiger partial charge in [-0.3, -0.25) is 10.1 Å². The largest absolute Gasteiger partial charge is 0.490 e. The summed E-state index contributed by atoms with van der Waals surface area (Å²) in [6.07, 6.45) is 3.00. The van der Waals surface area contributed by atoms with Crippen molar-refractivity contribution in [1.29, 1.82) is 5.26 Å². The van der Waals surface area contributed by atoms with Crippen LogP contribution in [0.15, 0.2) is 48.5 Å². The lowest BCUT2D eigenvalue weighted by Gasteiger charge is -2.33. The van der Waals surface area contributed by atoms with E-state index >= 15 is 0 Å². The Labute approximate surface area is 210 Å². The average Bonchev–Trinajstić information content (AvgIpc) is 2.82. The molecule has 36 heavy (non-hydrogen) atoms. The van der Waals surface area contributed by atoms with Crippen LogP contribution in [0.4, 0.5) is 10.5 Å². The Morgan fingerprint density at radius 3 is 2.64 bits per heavy atom. The Hall–Kier alpha value is -3.90. The minimum Gasteiger partial charge on any atom is -0.490 e. The zero-order chi connectivity index (χ0) is 26.3. The van der Waals surface area contributed by atoms with Crippen LogP contribution < -0.4 is 4.74 Å². The number of ether oxygens (including phenoxy) is 2. The van der Waals surface area contributed by atoms with Gasteiger partial charge in [-0.05, 0) is 50.6 Å². The third-order valence-electron chi connectivity index (χ3n) is 5.60. The Morgan fingerprint density at radius 1 is 1.28 bits per heavy atom. The van der Waals surface area contributed by atoms with Gasteiger partial charge in [-0.15, -0.1) is 0 Å². The van der Waals surface area contributed by atoms with Crippen molar-refractivity contribution < 1.29 is 24.3 Å². The fraction of sp³-hybridized carbons (Fsp3) is 0.407. The molecular weight excluding hydrogens is 462 g/mol. The van der Waals surface area contributed by atoms with E-state index in [9.17, 15) is 20.0 Å². The molecule has 2 aromatic rings. The quantitative estimate of drug-likeness (QED) is 0.431. The van der Waals surface area contributed by atoms with Gasteiger partial charge in [0.05, 0.1) is 22.7 Å². The minimum absolute atomic E-state index is 0.0268. The van der Waals surface area contributed by atoms with Gasteiger partial charge in [-0.2, -0.15) is 5.26 Å². The van der Waals surface area contributed by atoms with Crippen molar-refractivity contribution in [3.8, 4) is 11.8 Å². The number of nitrogens with zero attached hydrogens (tertiary/aromatic N) is 3. The van der Waals surface area contributed by atoms with Crippen LogP contribution in [0.1, 0.15) is 50.3 Å². The summed E-state index contributed by atoms with van der Waals surface area (Å²) < 4.78 is 11.5. The summed E-state index contributed by atoms with van der Waals surface area (Å²) in [6.45, 7) is 6.47. The SMILES string of the molecule is CC(C)(C)OC(=O)N1CCC(Oc2ccc([N+](=O)[O-])c(CC(O)/C=C/c3cccc(C#N)c3)c2)CC1. The minimum atomic E-state index is -0.971. The number of carbonyl (C=O) groups is 1. The molecule has 9 heteroatoms. The molecule has 0 radical (unpaired) electrons. The second-order valence-corrected chi connectivity index (χ2v) is 9.70. The van der Waals surface area contributed by atoms with E-state index in [1.165, 1.54) is 6.07 Å². The summed E-state index contributed by atoms with van der Waals surface area (Å²) in [5.74, 6) is 0.476. The van der Waals surface area contributed by atoms with Crippen LogP contribution in [0.5, 0.6) is 5.75 Å². The molecule has 0 aliphatic carbocycles. The van der Waals surface area contributed by atoms with Crippen molar-refractivity contribution in [1.82, 2.24) is 4.90 Å². The van der Waals surface area contributed by atoms with E-state index in [4.69, 9.17) is 14.7 Å². The van der Waals surface area contributed by atoms with Crippen LogP contribution in [-0.2, 0) is 11.2 Å². The van der Waals surface area contributed by atoms with Crippen molar-refractivity contribution >= 4 is 17.9 Å². The first-order chi connectivity index (χ1) is 17.0. The first-order valence-electron chi connectivity index (χ1n) is 11.8. The van der Waals surface area contributed by atoms with Gasteiger partial charge in [0, 0.05) is 44.0 Å². The lowest BCUT2D eigenvalue weighted by molar-refractivity contribution is -0.385. The zero-order valence-electron chi connectivity index (χ0n) is 20.7. The van der Waals surface area contributed by atoms with Gasteiger partial charge < -0.3 is 19.5 Å². The van der Waals surface area contributed by atoms with Crippen molar-refractivity contribution in [2.24, 2.45) is 0 Å². The summed E-state index contributed by atoms with van der Waals surface area (Å²) in [6, 6.07) is 13.5. The molecule has 3 rings (SSSR count). The predicted octanol–water partition coefficient (Wildman–Crippen LogP) is 4.86. The van der Waals surface area contributed by atoms with E-state index < -0.39 is 16.6 Å². The molecule has 1 heterocycles. The van der Waals surface area contributed by atoms with Crippen molar-refractivity contribution in [3.05, 3.63) is 75.3 Å². The molecule has 1 amide bonds. The van der Waals surface area contributed by atoms with Gasteiger partial charge >= 0.3 is 6.09 Å². The molecule has 2 aromatic carbocycles. The highest BCUT2D eigenvalue weighted by atomic mass is 16.6. The van der Waals surface area contributed by atoms with E-state index in [1.54, 1.807) is 53.5 Å². The summed E-state index contributed by atoms with van der Waals surface area (Å²) in [5.41, 5.74) is 0.953. The predicted molar refractivity (Wildman–Crippen MR) is 134 cm³/mol. The number of likely N-dealkylation sites (tertiary alicyclic amines) is 1. The summed E-state index contributed by atoms with van der Waals surface area (Å²) in [5, 5.41) is 31.1. The number of nitro benzene ring substituents is 1. The van der Waals surface area contributed by atoms with Gasteiger partial charge in [0.15, 0.2) is 0 Å². The number of hydrogen-bond donors (Lipinski definition) is 1. The third-order valence-corrected chi connectivity index (χ3v) is 5.60. The molecule has 0 spiro atoms. The number of aliphatic hydroxyl groups excluding tert-OH is 1. The smallest absolute Gasteiger partial charge is 0.410 e. The number of aliphatic hydroxyl groups is 1. The Bertz CT molecular complexity index is 1160. The summed E-state index contributed by atoms with van der Waals surface area (Å²) in [4.78, 5) is 25.0. The fourth-order valence-corrected chi connectivity index (χ4v) is 3.88.